The van der Waals surface area contributed by atoms with Crippen LogP contribution in [0.2, 0.25) is 5.02 Å². The fourth-order valence-electron chi connectivity index (χ4n) is 1.42. The lowest BCUT2D eigenvalue weighted by atomic mass is 10.1. The largest absolute Gasteiger partial charge is 0.394 e. The number of rotatable bonds is 4. The lowest BCUT2D eigenvalue weighted by Crippen LogP contribution is -2.14. The van der Waals surface area contributed by atoms with Crippen LogP contribution < -0.4 is 5.73 Å². The van der Waals surface area contributed by atoms with Crippen molar-refractivity contribution in [1.82, 2.24) is 10.1 Å². The van der Waals surface area contributed by atoms with Crippen molar-refractivity contribution in [3.63, 3.8) is 0 Å². The van der Waals surface area contributed by atoms with E-state index >= 15 is 0 Å². The first kappa shape index (κ1) is 12.9. The van der Waals surface area contributed by atoms with Gasteiger partial charge < -0.3 is 15.4 Å². The van der Waals surface area contributed by atoms with E-state index in [-0.39, 0.29) is 29.8 Å². The molecule has 1 aromatic heterocycles. The van der Waals surface area contributed by atoms with E-state index in [9.17, 15) is 4.39 Å². The Morgan fingerprint density at radius 3 is 3.00 bits per heavy atom. The average molecular weight is 272 g/mol. The van der Waals surface area contributed by atoms with Crippen LogP contribution in [0.15, 0.2) is 22.7 Å². The maximum Gasteiger partial charge on any atom is 0.245 e. The third kappa shape index (κ3) is 2.66. The lowest BCUT2D eigenvalue weighted by molar-refractivity contribution is 0.236. The number of aromatic nitrogens is 2. The van der Waals surface area contributed by atoms with Crippen molar-refractivity contribution in [3.8, 4) is 0 Å². The molecule has 0 aliphatic carbocycles. The molecule has 0 aliphatic rings. The molecule has 0 spiro atoms. The molecule has 0 saturated carbocycles. The predicted octanol–water partition coefficient (Wildman–Crippen LogP) is 1.44. The second-order valence-corrected chi connectivity index (χ2v) is 4.13. The summed E-state index contributed by atoms with van der Waals surface area (Å²) in [6, 6.07) is 3.96. The summed E-state index contributed by atoms with van der Waals surface area (Å²) in [6.07, 6.45) is 0.147. The molecule has 2 aromatic rings. The first-order valence-corrected chi connectivity index (χ1v) is 5.61. The van der Waals surface area contributed by atoms with Gasteiger partial charge in [0.25, 0.3) is 0 Å². The normalized spacial score (nSPS) is 12.7. The number of halogens is 2. The van der Waals surface area contributed by atoms with Gasteiger partial charge in [-0.05, 0) is 11.6 Å². The molecular weight excluding hydrogens is 261 g/mol. The molecule has 96 valence electrons. The van der Waals surface area contributed by atoms with E-state index in [2.05, 4.69) is 10.1 Å². The molecule has 18 heavy (non-hydrogen) atoms. The standard InChI is InChI=1S/C11H11ClFN3O2/c12-7-3-1-2-6(10(7)13)4-9-15-11(18-16-9)8(14)5-17/h1-3,8,17H,4-5,14H2/t8-/m0/s1. The van der Waals surface area contributed by atoms with Gasteiger partial charge in [-0.15, -0.1) is 0 Å². The molecular formula is C11H11ClFN3O2. The average Bonchev–Trinajstić information content (AvgIpc) is 2.82. The minimum absolute atomic E-state index is 0.0447. The molecule has 0 fully saturated rings. The zero-order valence-corrected chi connectivity index (χ0v) is 10.1. The SMILES string of the molecule is N[C@@H](CO)c1nc(Cc2cccc(Cl)c2F)no1. The smallest absolute Gasteiger partial charge is 0.245 e. The van der Waals surface area contributed by atoms with Crippen LogP contribution in [0.4, 0.5) is 4.39 Å². The highest BCUT2D eigenvalue weighted by atomic mass is 35.5. The molecule has 0 unspecified atom stereocenters. The van der Waals surface area contributed by atoms with Gasteiger partial charge in [0.2, 0.25) is 5.89 Å². The fourth-order valence-corrected chi connectivity index (χ4v) is 1.62. The minimum Gasteiger partial charge on any atom is -0.394 e. The lowest BCUT2D eigenvalue weighted by Gasteiger charge is -2.01. The van der Waals surface area contributed by atoms with Crippen LogP contribution in [0.25, 0.3) is 0 Å². The Kier molecular flexibility index (Phi) is 3.90. The molecule has 1 aromatic carbocycles. The Balaban J connectivity index is 2.19. The highest BCUT2D eigenvalue weighted by Gasteiger charge is 2.15. The van der Waals surface area contributed by atoms with Crippen LogP contribution in [0.3, 0.4) is 0 Å². The highest BCUT2D eigenvalue weighted by molar-refractivity contribution is 6.30. The maximum absolute atomic E-state index is 13.6. The number of aliphatic hydroxyl groups excluding tert-OH is 1. The zero-order chi connectivity index (χ0) is 13.1. The van der Waals surface area contributed by atoms with E-state index in [1.807, 2.05) is 0 Å². The second-order valence-electron chi connectivity index (χ2n) is 3.73. The number of nitrogens with two attached hydrogens (primary N) is 1. The Morgan fingerprint density at radius 2 is 2.28 bits per heavy atom. The fraction of sp³-hybridized carbons (Fsp3) is 0.273. The summed E-state index contributed by atoms with van der Waals surface area (Å²) in [4.78, 5) is 3.97. The summed E-state index contributed by atoms with van der Waals surface area (Å²) < 4.78 is 18.5. The molecule has 1 heterocycles. The number of nitrogens with zero attached hydrogens (tertiary/aromatic N) is 2. The van der Waals surface area contributed by atoms with Gasteiger partial charge in [-0.25, -0.2) is 4.39 Å². The first-order chi connectivity index (χ1) is 8.61. The quantitative estimate of drug-likeness (QED) is 0.879. The summed E-state index contributed by atoms with van der Waals surface area (Å²) in [5.41, 5.74) is 5.88. The van der Waals surface area contributed by atoms with Gasteiger partial charge in [-0.1, -0.05) is 28.9 Å². The summed E-state index contributed by atoms with van der Waals surface area (Å²) in [7, 11) is 0. The van der Waals surface area contributed by atoms with Gasteiger partial charge in [-0.2, -0.15) is 4.98 Å². The third-order valence-electron chi connectivity index (χ3n) is 2.38. The van der Waals surface area contributed by atoms with Crippen molar-refractivity contribution in [1.29, 1.82) is 0 Å². The van der Waals surface area contributed by atoms with Gasteiger partial charge in [0.05, 0.1) is 11.6 Å². The van der Waals surface area contributed by atoms with Gasteiger partial charge in [0, 0.05) is 6.42 Å². The summed E-state index contributed by atoms with van der Waals surface area (Å²) in [5.74, 6) is -0.0954. The third-order valence-corrected chi connectivity index (χ3v) is 2.67. The Morgan fingerprint density at radius 1 is 1.50 bits per heavy atom. The van der Waals surface area contributed by atoms with Crippen LogP contribution in [0.5, 0.6) is 0 Å². The predicted molar refractivity (Wildman–Crippen MR) is 62.5 cm³/mol. The molecule has 1 atom stereocenters. The highest BCUT2D eigenvalue weighted by Crippen LogP contribution is 2.20. The number of benzene rings is 1. The van der Waals surface area contributed by atoms with Crippen LogP contribution in [0, 0.1) is 5.82 Å². The van der Waals surface area contributed by atoms with Crippen molar-refractivity contribution in [2.24, 2.45) is 5.73 Å². The van der Waals surface area contributed by atoms with Gasteiger partial charge in [0.1, 0.15) is 11.9 Å². The van der Waals surface area contributed by atoms with E-state index < -0.39 is 11.9 Å². The summed E-state index contributed by atoms with van der Waals surface area (Å²) in [5, 5.41) is 12.5. The molecule has 3 N–H and O–H groups in total. The van der Waals surface area contributed by atoms with Crippen molar-refractivity contribution < 1.29 is 14.0 Å². The van der Waals surface area contributed by atoms with Crippen molar-refractivity contribution in [3.05, 3.63) is 46.3 Å². The summed E-state index contributed by atoms with van der Waals surface area (Å²) in [6.45, 7) is -0.298. The number of aliphatic hydroxyl groups is 1. The van der Waals surface area contributed by atoms with E-state index in [0.717, 1.165) is 0 Å². The van der Waals surface area contributed by atoms with Gasteiger partial charge >= 0.3 is 0 Å². The Hall–Kier alpha value is -1.50. The summed E-state index contributed by atoms with van der Waals surface area (Å²) >= 11 is 5.67. The zero-order valence-electron chi connectivity index (χ0n) is 9.31. The second kappa shape index (κ2) is 5.43. The molecule has 0 bridgehead atoms. The molecule has 2 rings (SSSR count). The molecule has 5 nitrogen and oxygen atoms in total. The van der Waals surface area contributed by atoms with Crippen molar-refractivity contribution in [2.75, 3.05) is 6.61 Å². The topological polar surface area (TPSA) is 85.2 Å². The van der Waals surface area contributed by atoms with Crippen LogP contribution >= 0.6 is 11.6 Å². The van der Waals surface area contributed by atoms with E-state index in [1.54, 1.807) is 12.1 Å². The van der Waals surface area contributed by atoms with E-state index in [0.29, 0.717) is 5.56 Å². The first-order valence-electron chi connectivity index (χ1n) is 5.23. The van der Waals surface area contributed by atoms with E-state index in [4.69, 9.17) is 27.0 Å². The molecule has 0 amide bonds. The van der Waals surface area contributed by atoms with Gasteiger partial charge in [0.15, 0.2) is 5.82 Å². The Labute approximate surface area is 107 Å². The Bertz CT molecular complexity index is 547. The molecule has 7 heteroatoms. The monoisotopic (exact) mass is 271 g/mol. The molecule has 0 radical (unpaired) electrons. The maximum atomic E-state index is 13.6. The minimum atomic E-state index is -0.726. The van der Waals surface area contributed by atoms with Crippen molar-refractivity contribution in [2.45, 2.75) is 12.5 Å². The van der Waals surface area contributed by atoms with Crippen LogP contribution in [-0.2, 0) is 6.42 Å². The van der Waals surface area contributed by atoms with Crippen molar-refractivity contribution >= 4 is 11.6 Å². The molecule has 0 saturated heterocycles. The van der Waals surface area contributed by atoms with E-state index in [1.165, 1.54) is 6.07 Å². The number of hydrogen-bond donors (Lipinski definition) is 2. The molecule has 0 aliphatic heterocycles. The number of hydrogen-bond acceptors (Lipinski definition) is 5. The van der Waals surface area contributed by atoms with Crippen LogP contribution in [0.1, 0.15) is 23.3 Å². The van der Waals surface area contributed by atoms with Gasteiger partial charge in [-0.3, -0.25) is 0 Å². The van der Waals surface area contributed by atoms with Crippen LogP contribution in [-0.4, -0.2) is 21.9 Å².